The Morgan fingerprint density at radius 2 is 1.88 bits per heavy atom. The number of hydrogen-bond donors (Lipinski definition) is 6. The van der Waals surface area contributed by atoms with Gasteiger partial charge < -0.3 is 35.2 Å². The molecule has 0 amide bonds. The third-order valence-corrected chi connectivity index (χ3v) is 8.22. The maximum Gasteiger partial charge on any atom is 0.490 e. The first-order chi connectivity index (χ1) is 15.0. The van der Waals surface area contributed by atoms with Gasteiger partial charge in [-0.2, -0.15) is 13.6 Å². The second-order valence-corrected chi connectivity index (χ2v) is 11.4. The quantitative estimate of drug-likeness (QED) is 0.206. The van der Waals surface area contributed by atoms with Crippen molar-refractivity contribution in [3.05, 3.63) is 22.7 Å². The number of alkyl halides is 1. The van der Waals surface area contributed by atoms with Crippen LogP contribution in [0.25, 0.3) is 0 Å². The molecule has 16 nitrogen and oxygen atoms in total. The summed E-state index contributed by atoms with van der Waals surface area (Å²) in [6, 6.07) is 1.17. The zero-order chi connectivity index (χ0) is 25.2. The average Bonchev–Trinajstić information content (AvgIpc) is 2.88. The van der Waals surface area contributed by atoms with Crippen molar-refractivity contribution < 1.29 is 60.6 Å². The number of aliphatic hydroxyl groups is 1. The molecule has 1 aromatic rings. The fourth-order valence-electron chi connectivity index (χ4n) is 3.02. The maximum atomic E-state index is 14.9. The molecule has 190 valence electrons. The van der Waals surface area contributed by atoms with E-state index in [-0.39, 0.29) is 18.7 Å². The van der Waals surface area contributed by atoms with Crippen LogP contribution < -0.4 is 11.4 Å². The average molecular weight is 541 g/mol. The van der Waals surface area contributed by atoms with E-state index in [1.165, 1.54) is 6.07 Å². The Bertz CT molecular complexity index is 1050. The van der Waals surface area contributed by atoms with E-state index in [1.807, 2.05) is 0 Å². The Hall–Kier alpha value is -1.06. The molecule has 0 radical (unpaired) electrons. The van der Waals surface area contributed by atoms with E-state index in [0.717, 1.165) is 6.20 Å². The number of phosphoric ester groups is 1. The number of anilines is 1. The van der Waals surface area contributed by atoms with Crippen molar-refractivity contribution in [2.45, 2.75) is 50.3 Å². The minimum Gasteiger partial charge on any atom is -0.387 e. The summed E-state index contributed by atoms with van der Waals surface area (Å²) in [6.07, 6.45) is -4.30. The second-order valence-electron chi connectivity index (χ2n) is 6.97. The number of hydrogen-bond acceptors (Lipinski definition) is 11. The van der Waals surface area contributed by atoms with Gasteiger partial charge >= 0.3 is 29.2 Å². The molecule has 1 fully saturated rings. The first-order valence-corrected chi connectivity index (χ1v) is 13.7. The summed E-state index contributed by atoms with van der Waals surface area (Å²) in [5.74, 6) is -0.157. The van der Waals surface area contributed by atoms with Crippen molar-refractivity contribution in [1.82, 2.24) is 9.55 Å². The standard InChI is InChI=1S/C13H23FN3O13P3/c1-2-3-5-13(7-27-32(23,24)30-33(25,26)29-31(20,21)22)10(18)9(14)11(28-13)17-6-4-8(15)16-12(17)19/h4,6,9-11,18H,2-3,5,7H2,1H3,(H,23,24)(H,25,26)(H2,15,16,19)(H2,20,21,22)/t9-,10+,11-,13-/m1/s1. The number of rotatable bonds is 11. The Morgan fingerprint density at radius 1 is 1.24 bits per heavy atom. The highest BCUT2D eigenvalue weighted by Crippen LogP contribution is 2.66. The van der Waals surface area contributed by atoms with Gasteiger partial charge in [0.25, 0.3) is 0 Å². The maximum absolute atomic E-state index is 14.9. The van der Waals surface area contributed by atoms with E-state index < -0.39 is 59.9 Å². The molecule has 33 heavy (non-hydrogen) atoms. The summed E-state index contributed by atoms with van der Waals surface area (Å²) in [5, 5.41) is 10.5. The Morgan fingerprint density at radius 3 is 2.42 bits per heavy atom. The Labute approximate surface area is 185 Å². The lowest BCUT2D eigenvalue weighted by atomic mass is 9.91. The van der Waals surface area contributed by atoms with E-state index in [4.69, 9.17) is 20.3 Å². The molecule has 1 saturated heterocycles. The summed E-state index contributed by atoms with van der Waals surface area (Å²) in [4.78, 5) is 51.5. The van der Waals surface area contributed by atoms with Crippen LogP contribution >= 0.6 is 23.5 Å². The van der Waals surface area contributed by atoms with Crippen LogP contribution in [0.5, 0.6) is 0 Å². The first kappa shape index (κ1) is 28.2. The number of halogens is 1. The lowest BCUT2D eigenvalue weighted by molar-refractivity contribution is -0.131. The van der Waals surface area contributed by atoms with Crippen LogP contribution in [0.2, 0.25) is 0 Å². The smallest absolute Gasteiger partial charge is 0.387 e. The molecule has 0 aliphatic carbocycles. The van der Waals surface area contributed by atoms with Crippen LogP contribution in [0.15, 0.2) is 17.1 Å². The summed E-state index contributed by atoms with van der Waals surface area (Å²) >= 11 is 0. The highest BCUT2D eigenvalue weighted by atomic mass is 31.3. The van der Waals surface area contributed by atoms with Gasteiger partial charge in [-0.15, -0.1) is 0 Å². The zero-order valence-corrected chi connectivity index (χ0v) is 19.6. The molecule has 2 unspecified atom stereocenters. The van der Waals surface area contributed by atoms with Crippen molar-refractivity contribution in [3.63, 3.8) is 0 Å². The van der Waals surface area contributed by atoms with Gasteiger partial charge in [0.1, 0.15) is 17.5 Å². The van der Waals surface area contributed by atoms with Gasteiger partial charge in [-0.05, 0) is 12.5 Å². The molecule has 7 N–H and O–H groups in total. The molecule has 2 rings (SSSR count). The van der Waals surface area contributed by atoms with Crippen LogP contribution in [0, 0.1) is 0 Å². The normalized spacial score (nSPS) is 29.5. The Balaban J connectivity index is 2.27. The van der Waals surface area contributed by atoms with E-state index in [2.05, 4.69) is 18.1 Å². The zero-order valence-electron chi connectivity index (χ0n) is 16.9. The first-order valence-electron chi connectivity index (χ1n) is 9.14. The molecule has 1 aliphatic heterocycles. The van der Waals surface area contributed by atoms with Crippen LogP contribution in [-0.4, -0.2) is 58.7 Å². The van der Waals surface area contributed by atoms with E-state index in [1.54, 1.807) is 6.92 Å². The fourth-order valence-corrected chi connectivity index (χ4v) is 6.10. The number of aromatic nitrogens is 2. The summed E-state index contributed by atoms with van der Waals surface area (Å²) in [5.41, 5.74) is 2.35. The number of ether oxygens (including phenoxy) is 1. The van der Waals surface area contributed by atoms with Crippen molar-refractivity contribution in [2.24, 2.45) is 0 Å². The van der Waals surface area contributed by atoms with Gasteiger partial charge in [0, 0.05) is 6.20 Å². The van der Waals surface area contributed by atoms with Crippen LogP contribution in [0.3, 0.4) is 0 Å². The third kappa shape index (κ3) is 7.46. The van der Waals surface area contributed by atoms with E-state index in [0.29, 0.717) is 11.0 Å². The van der Waals surface area contributed by atoms with Crippen molar-refractivity contribution in [2.75, 3.05) is 12.3 Å². The Kier molecular flexibility index (Phi) is 8.78. The predicted octanol–water partition coefficient (Wildman–Crippen LogP) is 0.326. The number of phosphoric acid groups is 3. The SMILES string of the molecule is CCCC[C@]1(COP(=O)(O)OP(=O)(O)OP(=O)(O)O)O[C@@H](n2ccc(N)nc2=O)[C@H](F)[C@@H]1O. The summed E-state index contributed by atoms with van der Waals surface area (Å²) in [7, 11) is -17.0. The van der Waals surface area contributed by atoms with Gasteiger partial charge in [0.2, 0.25) is 0 Å². The number of nitrogens with zero attached hydrogens (tertiary/aromatic N) is 2. The van der Waals surface area contributed by atoms with Crippen molar-refractivity contribution in [3.8, 4) is 0 Å². The van der Waals surface area contributed by atoms with Crippen molar-refractivity contribution in [1.29, 1.82) is 0 Å². The number of nitrogen functional groups attached to an aromatic ring is 1. The summed E-state index contributed by atoms with van der Waals surface area (Å²) < 4.78 is 67.2. The molecule has 1 aromatic heterocycles. The summed E-state index contributed by atoms with van der Waals surface area (Å²) in [6.45, 7) is 0.641. The number of aliphatic hydroxyl groups excluding tert-OH is 1. The minimum atomic E-state index is -5.78. The number of unbranched alkanes of at least 4 members (excludes halogenated alkanes) is 1. The second kappa shape index (κ2) is 10.3. The molecular formula is C13H23FN3O13P3. The predicted molar refractivity (Wildman–Crippen MR) is 106 cm³/mol. The van der Waals surface area contributed by atoms with Crippen LogP contribution in [0.1, 0.15) is 32.4 Å². The van der Waals surface area contributed by atoms with Crippen LogP contribution in [0.4, 0.5) is 10.2 Å². The van der Waals surface area contributed by atoms with E-state index in [9.17, 15) is 37.8 Å². The molecule has 0 bridgehead atoms. The largest absolute Gasteiger partial charge is 0.490 e. The van der Waals surface area contributed by atoms with Gasteiger partial charge in [-0.3, -0.25) is 9.09 Å². The number of nitrogens with two attached hydrogens (primary N) is 1. The van der Waals surface area contributed by atoms with Gasteiger partial charge in [0.15, 0.2) is 12.4 Å². The molecule has 1 aliphatic rings. The van der Waals surface area contributed by atoms with Crippen LogP contribution in [-0.2, 0) is 31.6 Å². The van der Waals surface area contributed by atoms with Gasteiger partial charge in [-0.25, -0.2) is 22.9 Å². The molecule has 2 heterocycles. The van der Waals surface area contributed by atoms with Gasteiger partial charge in [-0.1, -0.05) is 19.8 Å². The third-order valence-electron chi connectivity index (χ3n) is 4.44. The molecule has 0 aromatic carbocycles. The minimum absolute atomic E-state index is 0.157. The fraction of sp³-hybridized carbons (Fsp3) is 0.692. The molecule has 6 atom stereocenters. The van der Waals surface area contributed by atoms with Gasteiger partial charge in [0.05, 0.1) is 6.61 Å². The highest BCUT2D eigenvalue weighted by Gasteiger charge is 2.57. The topological polar surface area (TPSA) is 250 Å². The monoisotopic (exact) mass is 541 g/mol. The molecular weight excluding hydrogens is 518 g/mol. The van der Waals surface area contributed by atoms with Crippen molar-refractivity contribution >= 4 is 29.3 Å². The molecule has 20 heteroatoms. The molecule has 0 spiro atoms. The van der Waals surface area contributed by atoms with E-state index >= 15 is 0 Å². The highest BCUT2D eigenvalue weighted by molar-refractivity contribution is 7.66. The lowest BCUT2D eigenvalue weighted by Crippen LogP contribution is -2.46. The lowest BCUT2D eigenvalue weighted by Gasteiger charge is -2.32. The molecule has 0 saturated carbocycles.